The molecule has 0 heterocycles. The van der Waals surface area contributed by atoms with Crippen LogP contribution in [0.1, 0.15) is 50.5 Å². The number of hydrogen-bond acceptors (Lipinski definition) is 2. The summed E-state index contributed by atoms with van der Waals surface area (Å²) < 4.78 is 0. The molecule has 1 aromatic carbocycles. The van der Waals surface area contributed by atoms with Crippen LogP contribution in [0.3, 0.4) is 0 Å². The van der Waals surface area contributed by atoms with Gasteiger partial charge in [0, 0.05) is 12.6 Å². The van der Waals surface area contributed by atoms with Crippen LogP contribution in [0.4, 0.5) is 0 Å². The zero-order valence-electron chi connectivity index (χ0n) is 12.3. The fraction of sp³-hybridized carbons (Fsp3) is 0.588. The number of carbonyl (C=O) groups excluding carboxylic acids is 1. The third kappa shape index (κ3) is 3.83. The minimum Gasteiger partial charge on any atom is -0.353 e. The van der Waals surface area contributed by atoms with E-state index in [4.69, 9.17) is 5.73 Å². The van der Waals surface area contributed by atoms with E-state index in [1.807, 2.05) is 30.3 Å². The lowest BCUT2D eigenvalue weighted by Gasteiger charge is -2.25. The van der Waals surface area contributed by atoms with E-state index in [0.717, 1.165) is 12.0 Å². The van der Waals surface area contributed by atoms with E-state index in [2.05, 4.69) is 12.2 Å². The number of hydrogen-bond donors (Lipinski definition) is 2. The molecular formula is C17H26N2O. The molecular weight excluding hydrogens is 248 g/mol. The molecule has 0 radical (unpaired) electrons. The summed E-state index contributed by atoms with van der Waals surface area (Å²) in [6.07, 6.45) is 6.10. The van der Waals surface area contributed by atoms with Crippen LogP contribution in [0.2, 0.25) is 0 Å². The van der Waals surface area contributed by atoms with Crippen molar-refractivity contribution in [1.29, 1.82) is 0 Å². The third-order valence-electron chi connectivity index (χ3n) is 4.44. The highest BCUT2D eigenvalue weighted by Crippen LogP contribution is 2.24. The average molecular weight is 274 g/mol. The van der Waals surface area contributed by atoms with Crippen LogP contribution < -0.4 is 11.1 Å². The molecule has 1 fully saturated rings. The van der Waals surface area contributed by atoms with Crippen LogP contribution in [0.25, 0.3) is 0 Å². The molecule has 0 bridgehead atoms. The molecule has 0 aliphatic heterocycles. The zero-order valence-corrected chi connectivity index (χ0v) is 12.3. The van der Waals surface area contributed by atoms with Gasteiger partial charge in [0.05, 0.1) is 5.92 Å². The lowest BCUT2D eigenvalue weighted by Crippen LogP contribution is -2.43. The Kier molecular flexibility index (Phi) is 5.60. The molecule has 1 aliphatic carbocycles. The number of benzene rings is 1. The van der Waals surface area contributed by atoms with Gasteiger partial charge in [-0.2, -0.15) is 0 Å². The molecule has 0 spiro atoms. The summed E-state index contributed by atoms with van der Waals surface area (Å²) in [7, 11) is 0. The molecule has 20 heavy (non-hydrogen) atoms. The van der Waals surface area contributed by atoms with Gasteiger partial charge in [-0.15, -0.1) is 0 Å². The number of carbonyl (C=O) groups is 1. The molecule has 0 saturated heterocycles. The highest BCUT2D eigenvalue weighted by atomic mass is 16.2. The maximum Gasteiger partial charge on any atom is 0.229 e. The Bertz CT molecular complexity index is 418. The Labute approximate surface area is 121 Å². The normalized spacial score (nSPS) is 24.7. The Balaban J connectivity index is 2.02. The maximum absolute atomic E-state index is 12.5. The average Bonchev–Trinajstić information content (AvgIpc) is 2.66. The molecule has 1 aromatic rings. The summed E-state index contributed by atoms with van der Waals surface area (Å²) in [5.74, 6) is 0.416. The number of nitrogens with one attached hydrogen (secondary N) is 1. The summed E-state index contributed by atoms with van der Waals surface area (Å²) >= 11 is 0. The van der Waals surface area contributed by atoms with Gasteiger partial charge < -0.3 is 11.1 Å². The molecule has 1 saturated carbocycles. The van der Waals surface area contributed by atoms with Gasteiger partial charge in [-0.1, -0.05) is 56.5 Å². The van der Waals surface area contributed by atoms with E-state index < -0.39 is 0 Å². The van der Waals surface area contributed by atoms with E-state index >= 15 is 0 Å². The van der Waals surface area contributed by atoms with Gasteiger partial charge in [0.2, 0.25) is 5.91 Å². The van der Waals surface area contributed by atoms with Crippen molar-refractivity contribution in [2.24, 2.45) is 11.7 Å². The van der Waals surface area contributed by atoms with Gasteiger partial charge in [0.25, 0.3) is 0 Å². The molecule has 2 rings (SSSR count). The van der Waals surface area contributed by atoms with Gasteiger partial charge in [-0.05, 0) is 24.3 Å². The van der Waals surface area contributed by atoms with Crippen LogP contribution in [0, 0.1) is 5.92 Å². The van der Waals surface area contributed by atoms with Gasteiger partial charge in [0.15, 0.2) is 0 Å². The smallest absolute Gasteiger partial charge is 0.229 e. The summed E-state index contributed by atoms with van der Waals surface area (Å²) in [6.45, 7) is 2.60. The van der Waals surface area contributed by atoms with E-state index in [9.17, 15) is 4.79 Å². The molecule has 0 aromatic heterocycles. The predicted molar refractivity (Wildman–Crippen MR) is 82.4 cm³/mol. The van der Waals surface area contributed by atoms with E-state index in [1.165, 1.54) is 25.7 Å². The maximum atomic E-state index is 12.5. The largest absolute Gasteiger partial charge is 0.353 e. The minimum absolute atomic E-state index is 0.0810. The van der Waals surface area contributed by atoms with Gasteiger partial charge in [-0.3, -0.25) is 4.79 Å². The second-order valence-corrected chi connectivity index (χ2v) is 5.93. The zero-order chi connectivity index (χ0) is 14.4. The summed E-state index contributed by atoms with van der Waals surface area (Å²) in [5, 5.41) is 3.24. The standard InChI is InChI=1S/C17H26N2O/c1-13-8-4-2-7-11-16(13)19-17(20)15(12-18)14-9-5-3-6-10-14/h3,5-6,9-10,13,15-16H,2,4,7-8,11-12,18H2,1H3,(H,19,20). The van der Waals surface area contributed by atoms with Crippen molar-refractivity contribution >= 4 is 5.91 Å². The molecule has 110 valence electrons. The van der Waals surface area contributed by atoms with Crippen LogP contribution in [0.5, 0.6) is 0 Å². The summed E-state index contributed by atoms with van der Waals surface area (Å²) in [4.78, 5) is 12.5. The molecule has 3 unspecified atom stereocenters. The second kappa shape index (κ2) is 7.44. The van der Waals surface area contributed by atoms with Crippen molar-refractivity contribution in [3.63, 3.8) is 0 Å². The van der Waals surface area contributed by atoms with Crippen molar-refractivity contribution in [2.75, 3.05) is 6.54 Å². The monoisotopic (exact) mass is 274 g/mol. The number of amides is 1. The summed E-state index contributed by atoms with van der Waals surface area (Å²) in [6, 6.07) is 10.1. The molecule has 1 amide bonds. The predicted octanol–water partition coefficient (Wildman–Crippen LogP) is 2.81. The molecule has 3 heteroatoms. The third-order valence-corrected chi connectivity index (χ3v) is 4.44. The Hall–Kier alpha value is -1.35. The lowest BCUT2D eigenvalue weighted by atomic mass is 9.94. The number of rotatable bonds is 4. The van der Waals surface area contributed by atoms with E-state index in [0.29, 0.717) is 18.5 Å². The fourth-order valence-electron chi connectivity index (χ4n) is 3.07. The van der Waals surface area contributed by atoms with Crippen molar-refractivity contribution < 1.29 is 4.79 Å². The summed E-state index contributed by atoms with van der Waals surface area (Å²) in [5.41, 5.74) is 6.82. The van der Waals surface area contributed by atoms with Gasteiger partial charge in [0.1, 0.15) is 0 Å². The first-order valence-corrected chi connectivity index (χ1v) is 7.77. The molecule has 1 aliphatic rings. The molecule has 3 N–H and O–H groups in total. The highest BCUT2D eigenvalue weighted by Gasteiger charge is 2.25. The lowest BCUT2D eigenvalue weighted by molar-refractivity contribution is -0.123. The quantitative estimate of drug-likeness (QED) is 0.830. The molecule has 3 atom stereocenters. The SMILES string of the molecule is CC1CCCCCC1NC(=O)C(CN)c1ccccc1. The Morgan fingerprint density at radius 3 is 2.65 bits per heavy atom. The van der Waals surface area contributed by atoms with Crippen molar-refractivity contribution in [2.45, 2.75) is 51.0 Å². The fourth-order valence-corrected chi connectivity index (χ4v) is 3.07. The van der Waals surface area contributed by atoms with Crippen molar-refractivity contribution in [1.82, 2.24) is 5.32 Å². The topological polar surface area (TPSA) is 55.1 Å². The first kappa shape index (κ1) is 15.0. The van der Waals surface area contributed by atoms with Crippen LogP contribution in [0.15, 0.2) is 30.3 Å². The first-order valence-electron chi connectivity index (χ1n) is 7.77. The van der Waals surface area contributed by atoms with Crippen LogP contribution in [-0.2, 0) is 4.79 Å². The van der Waals surface area contributed by atoms with Crippen LogP contribution in [-0.4, -0.2) is 18.5 Å². The highest BCUT2D eigenvalue weighted by molar-refractivity contribution is 5.84. The van der Waals surface area contributed by atoms with Gasteiger partial charge >= 0.3 is 0 Å². The van der Waals surface area contributed by atoms with E-state index in [-0.39, 0.29) is 11.8 Å². The van der Waals surface area contributed by atoms with E-state index in [1.54, 1.807) is 0 Å². The first-order chi connectivity index (χ1) is 9.72. The van der Waals surface area contributed by atoms with Crippen molar-refractivity contribution in [3.05, 3.63) is 35.9 Å². The molecule has 3 nitrogen and oxygen atoms in total. The second-order valence-electron chi connectivity index (χ2n) is 5.93. The van der Waals surface area contributed by atoms with Crippen molar-refractivity contribution in [3.8, 4) is 0 Å². The number of nitrogens with two attached hydrogens (primary N) is 1. The van der Waals surface area contributed by atoms with Crippen LogP contribution >= 0.6 is 0 Å². The Morgan fingerprint density at radius 2 is 1.95 bits per heavy atom. The van der Waals surface area contributed by atoms with Gasteiger partial charge in [-0.25, -0.2) is 0 Å². The minimum atomic E-state index is -0.230. The Morgan fingerprint density at radius 1 is 1.25 bits per heavy atom.